The molecule has 0 fully saturated rings. The van der Waals surface area contributed by atoms with Gasteiger partial charge in [0.15, 0.2) is 0 Å². The molecule has 1 aliphatic rings. The van der Waals surface area contributed by atoms with Gasteiger partial charge in [-0.25, -0.2) is 0 Å². The summed E-state index contributed by atoms with van der Waals surface area (Å²) in [5, 5.41) is 37.7. The van der Waals surface area contributed by atoms with Gasteiger partial charge in [0.25, 0.3) is 0 Å². The third-order valence-electron chi connectivity index (χ3n) is 3.98. The van der Waals surface area contributed by atoms with E-state index in [4.69, 9.17) is 0 Å². The minimum atomic E-state index is -0.242. The summed E-state index contributed by atoms with van der Waals surface area (Å²) in [5.74, 6) is 5.68. The van der Waals surface area contributed by atoms with Gasteiger partial charge in [-0.2, -0.15) is 21.0 Å². The highest BCUT2D eigenvalue weighted by molar-refractivity contribution is 5.92. The van der Waals surface area contributed by atoms with Crippen LogP contribution >= 0.6 is 0 Å². The van der Waals surface area contributed by atoms with Crippen LogP contribution in [0.5, 0.6) is 0 Å². The predicted molar refractivity (Wildman–Crippen MR) is 107 cm³/mol. The van der Waals surface area contributed by atoms with Crippen LogP contribution in [0.25, 0.3) is 5.57 Å². The van der Waals surface area contributed by atoms with E-state index < -0.39 is 0 Å². The van der Waals surface area contributed by atoms with Crippen molar-refractivity contribution in [2.75, 3.05) is 19.0 Å². The molecule has 132 valence electrons. The molecule has 0 aromatic heterocycles. The quantitative estimate of drug-likeness (QED) is 0.465. The monoisotopic (exact) mass is 361 g/mol. The summed E-state index contributed by atoms with van der Waals surface area (Å²) in [7, 11) is 3.79. The predicted octanol–water partition coefficient (Wildman–Crippen LogP) is 3.64. The molecule has 1 aromatic carbocycles. The maximum atomic E-state index is 9.46. The number of nitriles is 4. The molecule has 0 spiro atoms. The summed E-state index contributed by atoms with van der Waals surface area (Å²) in [5.41, 5.74) is 1.28. The molecule has 0 heterocycles. The van der Waals surface area contributed by atoms with Gasteiger partial charge in [0, 0.05) is 25.4 Å². The highest BCUT2D eigenvalue weighted by Crippen LogP contribution is 2.30. The molecule has 5 nitrogen and oxygen atoms in total. The first-order valence-electron chi connectivity index (χ1n) is 8.29. The maximum absolute atomic E-state index is 9.46. The smallest absolute Gasteiger partial charge is 0.145 e. The molecule has 0 unspecified atom stereocenters. The minimum absolute atomic E-state index is 0.0782. The van der Waals surface area contributed by atoms with Gasteiger partial charge in [0.05, 0.1) is 11.5 Å². The fraction of sp³-hybridized carbons (Fsp3) is 0.130. The van der Waals surface area contributed by atoms with Gasteiger partial charge in [-0.3, -0.25) is 0 Å². The Kier molecular flexibility index (Phi) is 6.56. The van der Waals surface area contributed by atoms with E-state index in [1.807, 2.05) is 79.7 Å². The standard InChI is InChI=1S/C23H15N5/c1-28(2)21-10-8-18(9-11-21)23(20(15-26)16-27)22(19(13-24)14-25)12-7-17-5-3-4-6-17/h3-6,8-11,17H,1-2H3. The summed E-state index contributed by atoms with van der Waals surface area (Å²) in [6, 6.07) is 14.5. The maximum Gasteiger partial charge on any atom is 0.145 e. The largest absolute Gasteiger partial charge is 0.378 e. The van der Waals surface area contributed by atoms with E-state index in [2.05, 4.69) is 11.8 Å². The van der Waals surface area contributed by atoms with E-state index in [0.29, 0.717) is 5.56 Å². The Morgan fingerprint density at radius 1 is 0.821 bits per heavy atom. The topological polar surface area (TPSA) is 98.4 Å². The van der Waals surface area contributed by atoms with E-state index in [-0.39, 0.29) is 28.2 Å². The van der Waals surface area contributed by atoms with E-state index in [9.17, 15) is 21.0 Å². The number of anilines is 1. The van der Waals surface area contributed by atoms with Gasteiger partial charge >= 0.3 is 0 Å². The summed E-state index contributed by atoms with van der Waals surface area (Å²) in [6.07, 6.45) is 7.44. The van der Waals surface area contributed by atoms with Crippen molar-refractivity contribution < 1.29 is 0 Å². The van der Waals surface area contributed by atoms with Crippen molar-refractivity contribution in [3.63, 3.8) is 0 Å². The van der Waals surface area contributed by atoms with Crippen molar-refractivity contribution in [1.29, 1.82) is 21.0 Å². The lowest BCUT2D eigenvalue weighted by Gasteiger charge is -2.14. The highest BCUT2D eigenvalue weighted by Gasteiger charge is 2.18. The molecule has 0 saturated heterocycles. The number of nitrogens with zero attached hydrogens (tertiary/aromatic N) is 5. The molecule has 28 heavy (non-hydrogen) atoms. The van der Waals surface area contributed by atoms with Crippen LogP contribution < -0.4 is 4.90 Å². The molecular formula is C23H15N5. The SMILES string of the molecule is CN(C)c1ccc(C(=C(C#N)C#N)C(C#CC2C=CC=C2)=C(C#N)C#N)cc1. The Balaban J connectivity index is 2.75. The van der Waals surface area contributed by atoms with Gasteiger partial charge < -0.3 is 4.90 Å². The zero-order valence-corrected chi connectivity index (χ0v) is 15.4. The summed E-state index contributed by atoms with van der Waals surface area (Å²) in [6.45, 7) is 0. The number of hydrogen-bond donors (Lipinski definition) is 0. The fourth-order valence-corrected chi connectivity index (χ4v) is 2.55. The third-order valence-corrected chi connectivity index (χ3v) is 3.98. The zero-order chi connectivity index (χ0) is 20.5. The Hall–Kier alpha value is -4.50. The van der Waals surface area contributed by atoms with E-state index in [1.54, 1.807) is 12.1 Å². The van der Waals surface area contributed by atoms with Crippen molar-refractivity contribution in [3.05, 3.63) is 70.9 Å². The van der Waals surface area contributed by atoms with Crippen molar-refractivity contribution in [1.82, 2.24) is 0 Å². The third kappa shape index (κ3) is 4.36. The van der Waals surface area contributed by atoms with Crippen LogP contribution in [-0.4, -0.2) is 14.1 Å². The molecule has 2 rings (SSSR count). The van der Waals surface area contributed by atoms with Gasteiger partial charge in [-0.1, -0.05) is 48.3 Å². The van der Waals surface area contributed by atoms with Crippen LogP contribution in [0.3, 0.4) is 0 Å². The molecule has 0 radical (unpaired) electrons. The fourth-order valence-electron chi connectivity index (χ4n) is 2.55. The second kappa shape index (κ2) is 9.27. The van der Waals surface area contributed by atoms with Crippen LogP contribution in [0.15, 0.2) is 65.3 Å². The first kappa shape index (κ1) is 19.8. The highest BCUT2D eigenvalue weighted by atomic mass is 15.1. The first-order valence-corrected chi connectivity index (χ1v) is 8.29. The molecule has 0 saturated carbocycles. The first-order chi connectivity index (χ1) is 13.5. The number of allylic oxidation sites excluding steroid dienone is 8. The van der Waals surface area contributed by atoms with E-state index in [0.717, 1.165) is 5.69 Å². The number of rotatable bonds is 3. The van der Waals surface area contributed by atoms with E-state index >= 15 is 0 Å². The average Bonchev–Trinajstić information content (AvgIpc) is 3.23. The lowest BCUT2D eigenvalue weighted by molar-refractivity contribution is 1.13. The normalized spacial score (nSPS) is 11.1. The molecule has 1 aromatic rings. The number of hydrogen-bond acceptors (Lipinski definition) is 5. The van der Waals surface area contributed by atoms with Crippen LogP contribution in [0.2, 0.25) is 0 Å². The molecule has 0 aliphatic heterocycles. The average molecular weight is 361 g/mol. The van der Waals surface area contributed by atoms with Crippen molar-refractivity contribution >= 4 is 11.3 Å². The second-order valence-electron chi connectivity index (χ2n) is 5.95. The van der Waals surface area contributed by atoms with Crippen molar-refractivity contribution in [2.45, 2.75) is 0 Å². The molecular weight excluding hydrogens is 346 g/mol. The summed E-state index contributed by atoms with van der Waals surface area (Å²) in [4.78, 5) is 1.91. The molecule has 1 aliphatic carbocycles. The van der Waals surface area contributed by atoms with Crippen molar-refractivity contribution in [2.24, 2.45) is 5.92 Å². The molecule has 5 heteroatoms. The lowest BCUT2D eigenvalue weighted by atomic mass is 9.90. The zero-order valence-electron chi connectivity index (χ0n) is 15.4. The second-order valence-corrected chi connectivity index (χ2v) is 5.95. The molecule has 0 amide bonds. The minimum Gasteiger partial charge on any atom is -0.378 e. The van der Waals surface area contributed by atoms with Gasteiger partial charge in [0.1, 0.15) is 35.4 Å². The number of benzene rings is 1. The van der Waals surface area contributed by atoms with Crippen LogP contribution in [0.4, 0.5) is 5.69 Å². The van der Waals surface area contributed by atoms with Crippen molar-refractivity contribution in [3.8, 4) is 36.1 Å². The molecule has 0 N–H and O–H groups in total. The Labute approximate surface area is 164 Å². The Bertz CT molecular complexity index is 1080. The van der Waals surface area contributed by atoms with Gasteiger partial charge in [-0.05, 0) is 17.7 Å². The van der Waals surface area contributed by atoms with Crippen LogP contribution in [0, 0.1) is 63.1 Å². The lowest BCUT2D eigenvalue weighted by Crippen LogP contribution is -2.08. The van der Waals surface area contributed by atoms with Gasteiger partial charge in [-0.15, -0.1) is 0 Å². The summed E-state index contributed by atoms with van der Waals surface area (Å²) < 4.78 is 0. The van der Waals surface area contributed by atoms with Crippen LogP contribution in [0.1, 0.15) is 5.56 Å². The van der Waals surface area contributed by atoms with Crippen LogP contribution in [-0.2, 0) is 0 Å². The molecule has 0 atom stereocenters. The molecule has 0 bridgehead atoms. The van der Waals surface area contributed by atoms with E-state index in [1.165, 1.54) is 0 Å². The Morgan fingerprint density at radius 3 is 1.82 bits per heavy atom. The summed E-state index contributed by atoms with van der Waals surface area (Å²) >= 11 is 0. The Morgan fingerprint density at radius 2 is 1.36 bits per heavy atom. The van der Waals surface area contributed by atoms with Gasteiger partial charge in [0.2, 0.25) is 0 Å².